The number of ether oxygens (including phenoxy) is 1. The summed E-state index contributed by atoms with van der Waals surface area (Å²) < 4.78 is 10.9. The second-order valence-electron chi connectivity index (χ2n) is 7.91. The summed E-state index contributed by atoms with van der Waals surface area (Å²) >= 11 is 0. The summed E-state index contributed by atoms with van der Waals surface area (Å²) in [5.74, 6) is 1.47. The van der Waals surface area contributed by atoms with E-state index < -0.39 is 0 Å². The van der Waals surface area contributed by atoms with Gasteiger partial charge in [0.25, 0.3) is 0 Å². The molecule has 5 nitrogen and oxygen atoms in total. The summed E-state index contributed by atoms with van der Waals surface area (Å²) in [5, 5.41) is 1.06. The van der Waals surface area contributed by atoms with Crippen molar-refractivity contribution >= 4 is 22.6 Å². The van der Waals surface area contributed by atoms with Gasteiger partial charge < -0.3 is 19.0 Å². The van der Waals surface area contributed by atoms with Crippen LogP contribution in [0.5, 0.6) is 5.75 Å². The molecule has 152 valence electrons. The standard InChI is InChI=1S/C24H28N2O3/c1-17(2)18-4-9-23-22(14-18)19(16-29-23)15-24(27)26-12-10-25(11-13-26)20-5-7-21(28-3)8-6-20/h4-9,14,16-17H,10-13,15H2,1-3H3. The van der Waals surface area contributed by atoms with Crippen molar-refractivity contribution in [1.82, 2.24) is 4.90 Å². The second-order valence-corrected chi connectivity index (χ2v) is 7.91. The molecule has 1 amide bonds. The number of benzene rings is 2. The Morgan fingerprint density at radius 2 is 1.79 bits per heavy atom. The zero-order chi connectivity index (χ0) is 20.4. The number of methoxy groups -OCH3 is 1. The van der Waals surface area contributed by atoms with E-state index >= 15 is 0 Å². The largest absolute Gasteiger partial charge is 0.497 e. The Bertz CT molecular complexity index is 983. The first kappa shape index (κ1) is 19.4. The molecule has 1 aliphatic rings. The predicted octanol–water partition coefficient (Wildman–Crippen LogP) is 4.46. The van der Waals surface area contributed by atoms with E-state index in [1.165, 1.54) is 11.3 Å². The molecule has 5 heteroatoms. The SMILES string of the molecule is COc1ccc(N2CCN(C(=O)Cc3coc4ccc(C(C)C)cc34)CC2)cc1. The van der Waals surface area contributed by atoms with Crippen molar-refractivity contribution in [3.8, 4) is 5.75 Å². The number of piperazine rings is 1. The van der Waals surface area contributed by atoms with Gasteiger partial charge in [-0.3, -0.25) is 4.79 Å². The topological polar surface area (TPSA) is 45.9 Å². The van der Waals surface area contributed by atoms with E-state index in [9.17, 15) is 4.79 Å². The summed E-state index contributed by atoms with van der Waals surface area (Å²) in [6.07, 6.45) is 2.12. The third kappa shape index (κ3) is 4.09. The molecule has 0 saturated carbocycles. The maximum Gasteiger partial charge on any atom is 0.227 e. The van der Waals surface area contributed by atoms with Crippen LogP contribution in [0.4, 0.5) is 5.69 Å². The maximum atomic E-state index is 12.9. The van der Waals surface area contributed by atoms with Crippen LogP contribution in [-0.2, 0) is 11.2 Å². The minimum absolute atomic E-state index is 0.164. The van der Waals surface area contributed by atoms with Gasteiger partial charge in [-0.15, -0.1) is 0 Å². The molecule has 2 aromatic carbocycles. The van der Waals surface area contributed by atoms with E-state index in [4.69, 9.17) is 9.15 Å². The van der Waals surface area contributed by atoms with Crippen molar-refractivity contribution in [3.05, 3.63) is 59.9 Å². The zero-order valence-corrected chi connectivity index (χ0v) is 17.4. The van der Waals surface area contributed by atoms with Crippen molar-refractivity contribution in [1.29, 1.82) is 0 Å². The molecule has 29 heavy (non-hydrogen) atoms. The Morgan fingerprint density at radius 3 is 2.45 bits per heavy atom. The summed E-state index contributed by atoms with van der Waals surface area (Å²) in [6.45, 7) is 7.49. The van der Waals surface area contributed by atoms with Crippen molar-refractivity contribution < 1.29 is 13.9 Å². The fourth-order valence-corrected chi connectivity index (χ4v) is 3.88. The normalized spacial score (nSPS) is 14.6. The molecule has 0 radical (unpaired) electrons. The number of hydrogen-bond donors (Lipinski definition) is 0. The van der Waals surface area contributed by atoms with Gasteiger partial charge >= 0.3 is 0 Å². The average molecular weight is 392 g/mol. The molecule has 0 aliphatic carbocycles. The molecule has 1 aromatic heterocycles. The van der Waals surface area contributed by atoms with Crippen LogP contribution in [0.1, 0.15) is 30.9 Å². The molecule has 1 saturated heterocycles. The first-order valence-corrected chi connectivity index (χ1v) is 10.2. The minimum Gasteiger partial charge on any atom is -0.497 e. The minimum atomic E-state index is 0.164. The van der Waals surface area contributed by atoms with Gasteiger partial charge in [0, 0.05) is 42.8 Å². The van der Waals surface area contributed by atoms with Crippen molar-refractivity contribution in [2.24, 2.45) is 0 Å². The molecule has 1 fully saturated rings. The van der Waals surface area contributed by atoms with Crippen LogP contribution in [0, 0.1) is 0 Å². The highest BCUT2D eigenvalue weighted by Crippen LogP contribution is 2.27. The van der Waals surface area contributed by atoms with Crippen LogP contribution in [-0.4, -0.2) is 44.1 Å². The van der Waals surface area contributed by atoms with Crippen LogP contribution in [0.2, 0.25) is 0 Å². The Balaban J connectivity index is 1.40. The van der Waals surface area contributed by atoms with Gasteiger partial charge in [0.2, 0.25) is 5.91 Å². The van der Waals surface area contributed by atoms with Gasteiger partial charge in [0.05, 0.1) is 19.8 Å². The molecule has 0 unspecified atom stereocenters. The summed E-state index contributed by atoms with van der Waals surface area (Å²) in [5.41, 5.74) is 4.26. The van der Waals surface area contributed by atoms with Crippen LogP contribution < -0.4 is 9.64 Å². The number of furan rings is 1. The van der Waals surface area contributed by atoms with Crippen molar-refractivity contribution in [2.75, 3.05) is 38.2 Å². The molecule has 0 bridgehead atoms. The van der Waals surface area contributed by atoms with Crippen LogP contribution in [0.25, 0.3) is 11.0 Å². The number of anilines is 1. The lowest BCUT2D eigenvalue weighted by molar-refractivity contribution is -0.130. The number of nitrogens with zero attached hydrogens (tertiary/aromatic N) is 2. The molecule has 2 heterocycles. The zero-order valence-electron chi connectivity index (χ0n) is 17.4. The number of fused-ring (bicyclic) bond motifs is 1. The fraction of sp³-hybridized carbons (Fsp3) is 0.375. The monoisotopic (exact) mass is 392 g/mol. The molecule has 3 aromatic rings. The Labute approximate surface area is 171 Å². The van der Waals surface area contributed by atoms with Crippen molar-refractivity contribution in [2.45, 2.75) is 26.2 Å². The van der Waals surface area contributed by atoms with E-state index in [0.29, 0.717) is 12.3 Å². The van der Waals surface area contributed by atoms with Crippen LogP contribution in [0.3, 0.4) is 0 Å². The highest BCUT2D eigenvalue weighted by atomic mass is 16.5. The summed E-state index contributed by atoms with van der Waals surface area (Å²) in [6, 6.07) is 14.4. The van der Waals surface area contributed by atoms with E-state index in [2.05, 4.69) is 43.0 Å². The maximum absolute atomic E-state index is 12.9. The van der Waals surface area contributed by atoms with Gasteiger partial charge in [0.15, 0.2) is 0 Å². The molecular formula is C24H28N2O3. The third-order valence-corrected chi connectivity index (χ3v) is 5.76. The lowest BCUT2D eigenvalue weighted by Crippen LogP contribution is -2.49. The first-order valence-electron chi connectivity index (χ1n) is 10.2. The summed E-state index contributed by atoms with van der Waals surface area (Å²) in [7, 11) is 1.67. The van der Waals surface area contributed by atoms with E-state index in [1.54, 1.807) is 13.4 Å². The lowest BCUT2D eigenvalue weighted by Gasteiger charge is -2.36. The number of rotatable bonds is 5. The number of amides is 1. The highest BCUT2D eigenvalue weighted by molar-refractivity contribution is 5.88. The molecule has 0 N–H and O–H groups in total. The van der Waals surface area contributed by atoms with Crippen LogP contribution >= 0.6 is 0 Å². The predicted molar refractivity (Wildman–Crippen MR) is 116 cm³/mol. The molecule has 0 atom stereocenters. The molecular weight excluding hydrogens is 364 g/mol. The average Bonchev–Trinajstić information content (AvgIpc) is 3.16. The van der Waals surface area contributed by atoms with Gasteiger partial charge in [-0.2, -0.15) is 0 Å². The van der Waals surface area contributed by atoms with Gasteiger partial charge in [-0.05, 0) is 47.9 Å². The van der Waals surface area contributed by atoms with Gasteiger partial charge in [0.1, 0.15) is 11.3 Å². The number of carbonyl (C=O) groups excluding carboxylic acids is 1. The number of carbonyl (C=O) groups is 1. The third-order valence-electron chi connectivity index (χ3n) is 5.76. The molecule has 0 spiro atoms. The molecule has 4 rings (SSSR count). The van der Waals surface area contributed by atoms with E-state index in [-0.39, 0.29) is 5.91 Å². The number of hydrogen-bond acceptors (Lipinski definition) is 4. The smallest absolute Gasteiger partial charge is 0.227 e. The Hall–Kier alpha value is -2.95. The summed E-state index contributed by atoms with van der Waals surface area (Å²) in [4.78, 5) is 17.2. The van der Waals surface area contributed by atoms with Gasteiger partial charge in [-0.25, -0.2) is 0 Å². The Morgan fingerprint density at radius 1 is 1.07 bits per heavy atom. The molecule has 1 aliphatic heterocycles. The van der Waals surface area contributed by atoms with Crippen molar-refractivity contribution in [3.63, 3.8) is 0 Å². The lowest BCUT2D eigenvalue weighted by atomic mass is 10.00. The fourth-order valence-electron chi connectivity index (χ4n) is 3.88. The second kappa shape index (κ2) is 8.19. The first-order chi connectivity index (χ1) is 14.0. The Kier molecular flexibility index (Phi) is 5.47. The quantitative estimate of drug-likeness (QED) is 0.643. The van der Waals surface area contributed by atoms with E-state index in [0.717, 1.165) is 48.5 Å². The van der Waals surface area contributed by atoms with Crippen LogP contribution in [0.15, 0.2) is 53.1 Å². The highest BCUT2D eigenvalue weighted by Gasteiger charge is 2.22. The van der Waals surface area contributed by atoms with Gasteiger partial charge in [-0.1, -0.05) is 19.9 Å². The van der Waals surface area contributed by atoms with E-state index in [1.807, 2.05) is 23.1 Å².